The summed E-state index contributed by atoms with van der Waals surface area (Å²) in [5.41, 5.74) is 0.472. The molecule has 146 heavy (non-hydrogen) atoms. The Kier molecular flexibility index (Phi) is 55.2. The molecule has 1 aromatic heterocycles. The fraction of sp³-hybridized carbons (Fsp3) is 0.420. The number of thioether (sulfide) groups is 5. The molecule has 0 radical (unpaired) electrons. The van der Waals surface area contributed by atoms with Crippen LogP contribution < -0.4 is 20.1 Å². The van der Waals surface area contributed by atoms with E-state index in [1.54, 1.807) is 90.6 Å². The maximum absolute atomic E-state index is 12.6. The van der Waals surface area contributed by atoms with Crippen molar-refractivity contribution in [2.75, 3.05) is 85.2 Å². The summed E-state index contributed by atoms with van der Waals surface area (Å²) < 4.78 is 9.84. The van der Waals surface area contributed by atoms with Gasteiger partial charge in [-0.05, 0) is 104 Å². The molecule has 4 atom stereocenters. The van der Waals surface area contributed by atoms with Crippen LogP contribution in [0.4, 0.5) is 4.79 Å². The summed E-state index contributed by atoms with van der Waals surface area (Å²) in [5.74, 6) is -15.4. The van der Waals surface area contributed by atoms with E-state index in [4.69, 9.17) is 133 Å². The largest absolute Gasteiger partial charge is 0.492 e. The predicted molar refractivity (Wildman–Crippen MR) is 555 cm³/mol. The summed E-state index contributed by atoms with van der Waals surface area (Å²) in [4.78, 5) is 242. The number of nitrogens with zero attached hydrogens (tertiary/aromatic N) is 13. The highest BCUT2D eigenvalue weighted by molar-refractivity contribution is 8.27. The van der Waals surface area contributed by atoms with Crippen molar-refractivity contribution in [3.63, 3.8) is 0 Å². The number of thiocarbonyl (C=S) groups is 5. The molecule has 4 unspecified atom stereocenters. The zero-order valence-electron chi connectivity index (χ0n) is 79.7. The number of benzene rings is 1. The number of hydrogen-bond donors (Lipinski definition) is 12. The number of thiazole rings is 1. The molecule has 9 heterocycles. The first-order valence-electron chi connectivity index (χ1n) is 43.5. The van der Waals surface area contributed by atoms with Crippen molar-refractivity contribution in [3.8, 4) is 12.1 Å². The number of nitriles is 2. The number of rotatable bonds is 37. The van der Waals surface area contributed by atoms with Crippen molar-refractivity contribution in [1.29, 1.82) is 10.5 Å². The van der Waals surface area contributed by atoms with Crippen LogP contribution in [0.3, 0.4) is 0 Å². The fourth-order valence-electron chi connectivity index (χ4n) is 12.8. The fourth-order valence-corrected chi connectivity index (χ4v) is 21.1. The lowest BCUT2D eigenvalue weighted by molar-refractivity contribution is -0.242. The van der Waals surface area contributed by atoms with E-state index in [0.717, 1.165) is 98.2 Å². The lowest BCUT2D eigenvalue weighted by Gasteiger charge is -2.31. The zero-order chi connectivity index (χ0) is 111. The quantitative estimate of drug-likeness (QED) is 0.00401. The molecule has 47 nitrogen and oxygen atoms in total. The van der Waals surface area contributed by atoms with Crippen molar-refractivity contribution in [2.45, 2.75) is 156 Å². The second kappa shape index (κ2) is 63.4. The summed E-state index contributed by atoms with van der Waals surface area (Å²) >= 11 is 32.6. The molecular formula is C88H104N14O33S11. The van der Waals surface area contributed by atoms with E-state index >= 15 is 0 Å². The normalized spacial score (nSPS) is 18.8. The molecule has 10 rings (SSSR count). The summed E-state index contributed by atoms with van der Waals surface area (Å²) in [7, 11) is 0. The Bertz CT molecular complexity index is 5860. The van der Waals surface area contributed by atoms with Crippen molar-refractivity contribution >= 4 is 285 Å². The number of nitrogens with one attached hydrogen (secondary N) is 1. The first kappa shape index (κ1) is 127. The molecule has 2 aromatic rings. The molecule has 58 heteroatoms. The molecule has 8 saturated heterocycles. The number of imide groups is 2. The molecule has 0 saturated carbocycles. The van der Waals surface area contributed by atoms with Gasteiger partial charge in [-0.15, -0.1) is 11.3 Å². The maximum Gasteiger partial charge on any atom is 0.335 e. The molecule has 8 fully saturated rings. The van der Waals surface area contributed by atoms with Gasteiger partial charge in [-0.1, -0.05) is 216 Å². The van der Waals surface area contributed by atoms with Crippen LogP contribution in [0.1, 0.15) is 143 Å². The Balaban J connectivity index is 0.000000432. The minimum absolute atomic E-state index is 0.00231. The van der Waals surface area contributed by atoms with Crippen LogP contribution >= 0.6 is 131 Å². The summed E-state index contributed by atoms with van der Waals surface area (Å²) in [6.45, 7) is 15.2. The topological polar surface area (TPSA) is 679 Å². The number of carboxylic acids is 10. The molecule has 1 aromatic carbocycles. The SMILES string of the molecule is C/C=C1\CN(CC(=O)O)/C(=C2/SC(=S)N(CC(=O)O)C2=O)S1.C/C=c1/sc(=C/C(OCC)=C2/SC(=S)N(CC(=O)O)C2=O)n(CC)c1=O.CC=C1C(=O)N(CC(=O)O)C(=O)N(CC(=O)O)C1=O.CC=CC=Cc1ccc(C(=O)O)cc1.CCC1C(=O)N(CC(=O)O)C(=S)N1CC(=O)O.CCC1NC(=C(C#N)C#N)N(CC(=O)O)C1=O.CCCCC1SC(=S)N(CC(=O)O)C1=O.CCCCC1SC(=S)N(CCCOO)C1=O. The number of amides is 10. The third-order valence-corrected chi connectivity index (χ3v) is 28.8. The van der Waals surface area contributed by atoms with Gasteiger partial charge in [0.25, 0.3) is 41.0 Å². The van der Waals surface area contributed by atoms with E-state index in [9.17, 15) is 95.9 Å². The van der Waals surface area contributed by atoms with Gasteiger partial charge in [0, 0.05) is 24.1 Å². The van der Waals surface area contributed by atoms with Crippen LogP contribution in [-0.4, -0.2) is 353 Å². The van der Waals surface area contributed by atoms with E-state index in [1.807, 2.05) is 51.2 Å². The highest BCUT2D eigenvalue weighted by Crippen LogP contribution is 2.45. The summed E-state index contributed by atoms with van der Waals surface area (Å²) in [6.07, 6.45) is 21.2. The monoisotopic (exact) mass is 2240 g/mol. The van der Waals surface area contributed by atoms with Crippen LogP contribution in [0, 0.1) is 22.7 Å². The van der Waals surface area contributed by atoms with Gasteiger partial charge >= 0.3 is 65.7 Å². The number of barbiturate groups is 1. The van der Waals surface area contributed by atoms with Gasteiger partial charge in [0.1, 0.15) is 132 Å². The Morgan fingerprint density at radius 2 is 0.993 bits per heavy atom. The lowest BCUT2D eigenvalue weighted by atomic mass is 10.1. The molecule has 12 N–H and O–H groups in total. The Morgan fingerprint density at radius 1 is 0.514 bits per heavy atom. The van der Waals surface area contributed by atoms with Crippen LogP contribution in [-0.2, 0) is 97.7 Å². The number of urea groups is 1. The number of unbranched alkanes of at least 4 members (excludes halogenated alkanes) is 2. The Labute approximate surface area is 886 Å². The number of allylic oxidation sites excluding steroid dienone is 7. The third-order valence-electron chi connectivity index (χ3n) is 19.6. The van der Waals surface area contributed by atoms with E-state index in [0.29, 0.717) is 83.7 Å². The number of carboxylic acid groups (broad SMARTS) is 10. The van der Waals surface area contributed by atoms with E-state index in [1.165, 1.54) is 63.3 Å². The second-order valence-corrected chi connectivity index (χ2v) is 39.3. The Hall–Kier alpha value is -13.0. The van der Waals surface area contributed by atoms with Crippen molar-refractivity contribution in [2.24, 2.45) is 0 Å². The number of aliphatic carboxylic acids is 9. The number of hydrogen-bond acceptors (Lipinski definition) is 38. The van der Waals surface area contributed by atoms with Crippen molar-refractivity contribution in [3.05, 3.63) is 128 Å². The van der Waals surface area contributed by atoms with Crippen LogP contribution in [0.15, 0.2) is 102 Å². The van der Waals surface area contributed by atoms with Gasteiger partial charge < -0.3 is 70.9 Å². The molecule has 0 spiro atoms. The highest BCUT2D eigenvalue weighted by atomic mass is 32.2. The van der Waals surface area contributed by atoms with Gasteiger partial charge in [0.15, 0.2) is 10.7 Å². The number of ether oxygens (including phenoxy) is 1. The number of aromatic nitrogens is 1. The average molecular weight is 2240 g/mol. The van der Waals surface area contributed by atoms with Gasteiger partial charge in [-0.3, -0.25) is 126 Å². The highest BCUT2D eigenvalue weighted by Gasteiger charge is 2.47. The number of aromatic carboxylic acids is 1. The van der Waals surface area contributed by atoms with Crippen molar-refractivity contribution < 1.29 is 157 Å². The summed E-state index contributed by atoms with van der Waals surface area (Å²) in [5, 5.41) is 116. The third kappa shape index (κ3) is 37.8. The zero-order valence-corrected chi connectivity index (χ0v) is 88.7. The second-order valence-electron chi connectivity index (χ2n) is 29.8. The minimum atomic E-state index is -1.46. The van der Waals surface area contributed by atoms with E-state index in [-0.39, 0.29) is 88.3 Å². The lowest BCUT2D eigenvalue weighted by Crippen LogP contribution is -2.58. The van der Waals surface area contributed by atoms with Gasteiger partial charge in [0.2, 0.25) is 11.8 Å². The Morgan fingerprint density at radius 3 is 1.44 bits per heavy atom. The predicted octanol–water partition coefficient (Wildman–Crippen LogP) is 6.39. The van der Waals surface area contributed by atoms with Gasteiger partial charge in [-0.2, -0.15) is 10.5 Å². The summed E-state index contributed by atoms with van der Waals surface area (Å²) in [6, 6.07) is 7.49. The number of carbonyl (C=O) groups is 19. The molecule has 0 bridgehead atoms. The number of carbonyl (C=O) groups excluding carboxylic acids is 9. The molecule has 0 aliphatic carbocycles. The van der Waals surface area contributed by atoms with E-state index < -0.39 is 165 Å². The van der Waals surface area contributed by atoms with Gasteiger partial charge in [0.05, 0.1) is 45.4 Å². The molecule has 10 amide bonds. The van der Waals surface area contributed by atoms with Crippen LogP contribution in [0.25, 0.3) is 18.2 Å². The first-order chi connectivity index (χ1) is 68.9. The van der Waals surface area contributed by atoms with Crippen LogP contribution in [0.5, 0.6) is 0 Å². The maximum atomic E-state index is 12.6. The van der Waals surface area contributed by atoms with Gasteiger partial charge in [-0.25, -0.2) is 24.3 Å². The molecule has 8 aliphatic rings. The molecular weight excluding hydrogens is 2130 g/mol. The molecule has 8 aliphatic heterocycles. The smallest absolute Gasteiger partial charge is 0.335 e. The van der Waals surface area contributed by atoms with E-state index in [2.05, 4.69) is 24.1 Å². The first-order valence-corrected chi connectivity index (χ1v) is 50.6. The standard InChI is InChI=1S/C16H18N2O5S3.C12H12N2O5S3.C12H12O2.C10H10N4O3.C10H10N2O7.C10H17NO3S2.C9H12N2O5S.C9H13NO3S2/c1-4-10-14(21)17(5-2)11(25-10)7-9(23-6-3)13-15(22)18(8-12(19)20)16(24)26-13;1-2-6-3-13(4-7(15)16)11(21-6)9-10(19)14(5-8(17)18)12(20)22-9;1-2-3-4-5-10-6-8-11(9-7-10)12(13)14;1-2-7-10(17)14(5-8(15)16)9(13-7)6(3-11)4-12;1-2-5-8(17)11(3-6(13)14)10(19)12(9(5)18)4-7(15)16;1-2-3-5-8-9(12)11(10(15)16-8)6-4-7-14-13;1-2-5-8(16)11(4-7(14)15)9(17)10(5)3-6(12)13;1-2-3-4-6-8(13)10(5-7(11)12)9(14)15-6/h4,7H,5-6,8H2,1-3H3,(H,19,20);2H,3-5H2,1H3,(H,15,16)(H,17,18);2-9H,1H3,(H,13,14);7,13H,2,5H2,1H3,(H,15,16);2H,3-4H2,1H3,(H,13,14)(H,15,16);8,13H,2-7H2,1H3;5H,2-4H2,1H3,(H,12,13)(H,14,15);6H,2-5H2,1H3,(H,11,12)/b10-4+,11-7?,13-9-;6-2+,11-9-;;;;;;. The van der Waals surface area contributed by atoms with Crippen molar-refractivity contribution in [1.82, 2.24) is 58.9 Å². The average Bonchev–Trinajstić information content (AvgIpc) is 1.58. The molecule has 790 valence electrons. The van der Waals surface area contributed by atoms with Crippen LogP contribution in [0.2, 0.25) is 0 Å². The minimum Gasteiger partial charge on any atom is -0.492 e.